The third-order valence-corrected chi connectivity index (χ3v) is 7.62. The van der Waals surface area contributed by atoms with Gasteiger partial charge in [-0.2, -0.15) is 0 Å². The number of benzene rings is 2. The van der Waals surface area contributed by atoms with E-state index in [0.717, 1.165) is 59.4 Å². The summed E-state index contributed by atoms with van der Waals surface area (Å²) in [6.45, 7) is 4.59. The molecule has 8 heteroatoms. The Labute approximate surface area is 214 Å². The molecule has 1 spiro atoms. The maximum Gasteiger partial charge on any atom is 0.289 e. The van der Waals surface area contributed by atoms with Gasteiger partial charge in [-0.05, 0) is 42.7 Å². The fourth-order valence-electron chi connectivity index (χ4n) is 5.62. The smallest absolute Gasteiger partial charge is 0.289 e. The van der Waals surface area contributed by atoms with Gasteiger partial charge in [0.2, 0.25) is 0 Å². The van der Waals surface area contributed by atoms with Gasteiger partial charge in [0.1, 0.15) is 5.58 Å². The monoisotopic (exact) mass is 501 g/mol. The van der Waals surface area contributed by atoms with Gasteiger partial charge in [-0.3, -0.25) is 4.79 Å². The molecule has 3 heterocycles. The maximum absolute atomic E-state index is 13.4. The zero-order chi connectivity index (χ0) is 24.9. The molecule has 184 valence electrons. The standard InChI is InChI=1S/C28H28ClN5O2/c1-18-31-25-22(29)14-20-15-23(36-26(20)24(25)28(32-18)10-4-3-5-11-28)27(35)33(2)16-19-6-8-21(9-7-19)34-13-12-30-17-34/h6-9,12-15,17,31-32H,1,3-5,10-11,16H2,2H3. The topological polar surface area (TPSA) is 75.3 Å². The van der Waals surface area contributed by atoms with E-state index in [1.54, 1.807) is 24.5 Å². The number of fused-ring (bicyclic) bond motifs is 4. The molecular formula is C28H28ClN5O2. The predicted octanol–water partition coefficient (Wildman–Crippen LogP) is 6.19. The molecule has 2 aromatic carbocycles. The van der Waals surface area contributed by atoms with E-state index in [2.05, 4.69) is 22.2 Å². The number of carbonyl (C=O) groups is 1. The lowest BCUT2D eigenvalue weighted by Gasteiger charge is -2.44. The van der Waals surface area contributed by atoms with Crippen molar-refractivity contribution in [2.24, 2.45) is 0 Å². The van der Waals surface area contributed by atoms with Crippen molar-refractivity contribution < 1.29 is 9.21 Å². The second-order valence-corrected chi connectivity index (χ2v) is 10.2. The molecular weight excluding hydrogens is 474 g/mol. The zero-order valence-corrected chi connectivity index (χ0v) is 20.9. The number of rotatable bonds is 4. The molecule has 0 unspecified atom stereocenters. The first-order valence-electron chi connectivity index (χ1n) is 12.3. The van der Waals surface area contributed by atoms with Crippen LogP contribution in [0, 0.1) is 0 Å². The number of halogens is 1. The van der Waals surface area contributed by atoms with E-state index >= 15 is 0 Å². The van der Waals surface area contributed by atoms with E-state index in [-0.39, 0.29) is 11.4 Å². The highest BCUT2D eigenvalue weighted by atomic mass is 35.5. The number of nitrogens with one attached hydrogen (secondary N) is 2. The Morgan fingerprint density at radius 3 is 2.72 bits per heavy atom. The molecule has 7 nitrogen and oxygen atoms in total. The van der Waals surface area contributed by atoms with Gasteiger partial charge in [-0.1, -0.05) is 49.6 Å². The molecule has 1 saturated carbocycles. The fourth-order valence-corrected chi connectivity index (χ4v) is 5.88. The summed E-state index contributed by atoms with van der Waals surface area (Å²) in [4.78, 5) is 19.1. The SMILES string of the molecule is C=C1Nc2c(Cl)cc3cc(C(=O)N(C)Cc4ccc(-n5ccnc5)cc4)oc3c2C2(CCCCC2)N1. The number of carbonyl (C=O) groups excluding carboxylic acids is 1. The van der Waals surface area contributed by atoms with Crippen LogP contribution in [0.25, 0.3) is 16.7 Å². The first-order valence-corrected chi connectivity index (χ1v) is 12.6. The lowest BCUT2D eigenvalue weighted by atomic mass is 9.74. The van der Waals surface area contributed by atoms with Gasteiger partial charge < -0.3 is 24.5 Å². The number of aromatic nitrogens is 2. The minimum atomic E-state index is -0.292. The number of nitrogens with zero attached hydrogens (tertiary/aromatic N) is 3. The molecule has 1 aliphatic carbocycles. The van der Waals surface area contributed by atoms with Crippen molar-refractivity contribution >= 4 is 34.2 Å². The number of anilines is 1. The average molecular weight is 502 g/mol. The Bertz CT molecular complexity index is 1450. The van der Waals surface area contributed by atoms with Gasteiger partial charge in [0.05, 0.1) is 28.4 Å². The van der Waals surface area contributed by atoms with Crippen LogP contribution in [-0.2, 0) is 12.1 Å². The summed E-state index contributed by atoms with van der Waals surface area (Å²) in [5, 5.41) is 8.33. The highest BCUT2D eigenvalue weighted by Crippen LogP contribution is 2.49. The van der Waals surface area contributed by atoms with Crippen LogP contribution in [0.3, 0.4) is 0 Å². The molecule has 0 atom stereocenters. The lowest BCUT2D eigenvalue weighted by Crippen LogP contribution is -2.48. The van der Waals surface area contributed by atoms with E-state index in [4.69, 9.17) is 16.0 Å². The molecule has 6 rings (SSSR count). The number of hydrogen-bond acceptors (Lipinski definition) is 5. The summed E-state index contributed by atoms with van der Waals surface area (Å²) in [6.07, 6.45) is 10.8. The Morgan fingerprint density at radius 1 is 1.22 bits per heavy atom. The number of furan rings is 1. The van der Waals surface area contributed by atoms with Crippen LogP contribution in [0.5, 0.6) is 0 Å². The molecule has 36 heavy (non-hydrogen) atoms. The molecule has 2 aromatic heterocycles. The number of amides is 1. The highest BCUT2D eigenvalue weighted by molar-refractivity contribution is 6.34. The zero-order valence-electron chi connectivity index (χ0n) is 20.2. The van der Waals surface area contributed by atoms with Gasteiger partial charge >= 0.3 is 0 Å². The van der Waals surface area contributed by atoms with Crippen LogP contribution >= 0.6 is 11.6 Å². The van der Waals surface area contributed by atoms with Gasteiger partial charge in [0, 0.05) is 42.6 Å². The van der Waals surface area contributed by atoms with Crippen molar-refractivity contribution in [1.82, 2.24) is 19.8 Å². The van der Waals surface area contributed by atoms with E-state index < -0.39 is 0 Å². The maximum atomic E-state index is 13.4. The van der Waals surface area contributed by atoms with Crippen molar-refractivity contribution in [3.05, 3.63) is 89.4 Å². The van der Waals surface area contributed by atoms with E-state index in [1.165, 1.54) is 6.42 Å². The van der Waals surface area contributed by atoms with Crippen LogP contribution in [0.15, 0.2) is 71.9 Å². The molecule has 1 amide bonds. The minimum Gasteiger partial charge on any atom is -0.450 e. The molecule has 0 bridgehead atoms. The van der Waals surface area contributed by atoms with Crippen LogP contribution < -0.4 is 10.6 Å². The van der Waals surface area contributed by atoms with Crippen LogP contribution in [-0.4, -0.2) is 27.4 Å². The van der Waals surface area contributed by atoms with Crippen molar-refractivity contribution in [1.29, 1.82) is 0 Å². The van der Waals surface area contributed by atoms with Crippen molar-refractivity contribution in [3.8, 4) is 5.69 Å². The van der Waals surface area contributed by atoms with E-state index in [9.17, 15) is 4.79 Å². The number of imidazole rings is 1. The largest absolute Gasteiger partial charge is 0.450 e. The summed E-state index contributed by atoms with van der Waals surface area (Å²) in [7, 11) is 1.79. The fraction of sp³-hybridized carbons (Fsp3) is 0.286. The normalized spacial score (nSPS) is 16.4. The van der Waals surface area contributed by atoms with Crippen molar-refractivity contribution in [3.63, 3.8) is 0 Å². The summed E-state index contributed by atoms with van der Waals surface area (Å²) in [5.74, 6) is 0.878. The molecule has 0 saturated heterocycles. The minimum absolute atomic E-state index is 0.173. The molecule has 4 aromatic rings. The molecule has 2 aliphatic rings. The second kappa shape index (κ2) is 8.75. The molecule has 1 aliphatic heterocycles. The van der Waals surface area contributed by atoms with Gasteiger partial charge in [0.25, 0.3) is 5.91 Å². The van der Waals surface area contributed by atoms with Crippen molar-refractivity contribution in [2.75, 3.05) is 12.4 Å². The summed E-state index contributed by atoms with van der Waals surface area (Å²) >= 11 is 6.72. The quantitative estimate of drug-likeness (QED) is 0.348. The molecule has 0 radical (unpaired) electrons. The average Bonchev–Trinajstić information content (AvgIpc) is 3.55. The van der Waals surface area contributed by atoms with E-state index in [1.807, 2.05) is 47.2 Å². The Kier molecular flexibility index (Phi) is 5.52. The van der Waals surface area contributed by atoms with Crippen molar-refractivity contribution in [2.45, 2.75) is 44.2 Å². The number of hydrogen-bond donors (Lipinski definition) is 2. The first kappa shape index (κ1) is 22.7. The third kappa shape index (κ3) is 3.84. The molecule has 2 N–H and O–H groups in total. The second-order valence-electron chi connectivity index (χ2n) is 9.81. The van der Waals surface area contributed by atoms with Crippen LogP contribution in [0.1, 0.15) is 53.8 Å². The Hall–Kier alpha value is -3.71. The van der Waals surface area contributed by atoms with E-state index in [0.29, 0.717) is 22.9 Å². The van der Waals surface area contributed by atoms with Crippen LogP contribution in [0.4, 0.5) is 5.69 Å². The lowest BCUT2D eigenvalue weighted by molar-refractivity contribution is 0.0755. The highest BCUT2D eigenvalue weighted by Gasteiger charge is 2.42. The van der Waals surface area contributed by atoms with Gasteiger partial charge in [0.15, 0.2) is 5.76 Å². The van der Waals surface area contributed by atoms with Gasteiger partial charge in [-0.25, -0.2) is 4.98 Å². The predicted molar refractivity (Wildman–Crippen MR) is 141 cm³/mol. The van der Waals surface area contributed by atoms with Gasteiger partial charge in [-0.15, -0.1) is 0 Å². The molecule has 1 fully saturated rings. The summed E-state index contributed by atoms with van der Waals surface area (Å²) in [5.41, 5.74) is 4.30. The summed E-state index contributed by atoms with van der Waals surface area (Å²) in [6, 6.07) is 11.7. The summed E-state index contributed by atoms with van der Waals surface area (Å²) < 4.78 is 8.24. The third-order valence-electron chi connectivity index (χ3n) is 7.33. The Balaban J connectivity index is 1.31. The van der Waals surface area contributed by atoms with Crippen LogP contribution in [0.2, 0.25) is 5.02 Å². The first-order chi connectivity index (χ1) is 17.4. The Morgan fingerprint density at radius 2 is 2.00 bits per heavy atom.